The van der Waals surface area contributed by atoms with Crippen LogP contribution in [0.3, 0.4) is 0 Å². The number of rotatable bonds is 16. The fourth-order valence-corrected chi connectivity index (χ4v) is 3.08. The molecule has 0 saturated carbocycles. The average Bonchev–Trinajstić information content (AvgIpc) is 2.88. The summed E-state index contributed by atoms with van der Waals surface area (Å²) in [5.41, 5.74) is 9.81. The van der Waals surface area contributed by atoms with Gasteiger partial charge in [-0.05, 0) is 0 Å². The van der Waals surface area contributed by atoms with Crippen LogP contribution in [0.4, 0.5) is 0 Å². The molecular weight excluding hydrogens is 604 g/mol. The minimum atomic E-state index is -2.09. The molecule has 0 saturated heterocycles. The average molecular weight is 639 g/mol. The van der Waals surface area contributed by atoms with E-state index >= 15 is 0 Å². The first-order valence-corrected chi connectivity index (χ1v) is 12.1. The van der Waals surface area contributed by atoms with Gasteiger partial charge in [0, 0.05) is 41.5 Å². The van der Waals surface area contributed by atoms with E-state index in [-0.39, 0.29) is 12.6 Å². The number of carbonyl (C=O) groups excluding carboxylic acids is 10. The first-order valence-electron chi connectivity index (χ1n) is 12.1. The van der Waals surface area contributed by atoms with Crippen LogP contribution in [0, 0.1) is 0 Å². The molecule has 0 unspecified atom stereocenters. The summed E-state index contributed by atoms with van der Waals surface area (Å²) in [6.45, 7) is 5.79. The fourth-order valence-electron chi connectivity index (χ4n) is 3.08. The zero-order valence-electron chi connectivity index (χ0n) is 24.4. The van der Waals surface area contributed by atoms with Gasteiger partial charge in [0.1, 0.15) is 0 Å². The maximum absolute atomic E-state index is 11.1. The Morgan fingerprint density at radius 3 is 0.818 bits per heavy atom. The molecule has 2 amide bonds. The first kappa shape index (κ1) is 41.2. The monoisotopic (exact) mass is 638 g/mol. The summed E-state index contributed by atoms with van der Waals surface area (Å²) in [6, 6.07) is 0. The van der Waals surface area contributed by atoms with E-state index in [1.807, 2.05) is 0 Å². The third-order valence-electron chi connectivity index (χ3n) is 4.58. The van der Waals surface area contributed by atoms with Gasteiger partial charge in [0.25, 0.3) is 0 Å². The van der Waals surface area contributed by atoms with E-state index in [1.165, 1.54) is 0 Å². The predicted molar refractivity (Wildman–Crippen MR) is 136 cm³/mol. The van der Waals surface area contributed by atoms with Crippen LogP contribution in [0.25, 0.3) is 0 Å². The lowest BCUT2D eigenvalue weighted by Crippen LogP contribution is -2.54. The summed E-state index contributed by atoms with van der Waals surface area (Å²) in [5.74, 6) is -8.15. The maximum atomic E-state index is 11.1. The van der Waals surface area contributed by atoms with Crippen molar-refractivity contribution in [3.05, 3.63) is 0 Å². The van der Waals surface area contributed by atoms with Crippen molar-refractivity contribution >= 4 is 60.2 Å². The Hall–Kier alpha value is -4.98. The van der Waals surface area contributed by atoms with Crippen molar-refractivity contribution < 1.29 is 86.6 Å². The van der Waals surface area contributed by atoms with Crippen LogP contribution >= 0.6 is 0 Å². The van der Waals surface area contributed by atoms with Gasteiger partial charge in [-0.15, -0.1) is 0 Å². The van der Waals surface area contributed by atoms with Crippen molar-refractivity contribution in [2.45, 2.75) is 90.4 Å². The third kappa shape index (κ3) is 15.9. The Morgan fingerprint density at radius 1 is 0.455 bits per heavy atom. The number of aldehydes is 2. The molecule has 0 aliphatic rings. The molecule has 8 atom stereocenters. The zero-order chi connectivity index (χ0) is 34.9. The number of amides is 2. The second kappa shape index (κ2) is 20.0. The minimum absolute atomic E-state index is 0.0964. The molecule has 44 heavy (non-hydrogen) atoms. The van der Waals surface area contributed by atoms with Crippen molar-refractivity contribution in [3.63, 3.8) is 0 Å². The number of hydrogen-bond acceptors (Lipinski definition) is 18. The lowest BCUT2D eigenvalue weighted by Gasteiger charge is -2.31. The Labute approximate surface area is 249 Å². The van der Waals surface area contributed by atoms with Crippen LogP contribution in [-0.2, 0) is 76.4 Å². The number of hydrogen-bond donors (Lipinski definition) is 4. The molecule has 0 bridgehead atoms. The molecule has 0 aromatic carbocycles. The van der Waals surface area contributed by atoms with Gasteiger partial charge in [-0.2, -0.15) is 0 Å². The molecular formula is C24H34N2O18. The van der Waals surface area contributed by atoms with E-state index in [2.05, 4.69) is 18.9 Å². The Kier molecular flexibility index (Phi) is 18.7. The zero-order valence-corrected chi connectivity index (χ0v) is 24.4. The number of aliphatic hydroxyl groups is 2. The van der Waals surface area contributed by atoms with Crippen molar-refractivity contribution in [3.8, 4) is 0 Å². The number of ether oxygens (including phenoxy) is 6. The molecule has 0 heterocycles. The van der Waals surface area contributed by atoms with Gasteiger partial charge < -0.3 is 50.1 Å². The predicted octanol–water partition coefficient (Wildman–Crippen LogP) is -4.35. The maximum Gasteiger partial charge on any atom is 0.303 e. The van der Waals surface area contributed by atoms with Gasteiger partial charge >= 0.3 is 35.8 Å². The number of primary amides is 2. The molecule has 0 aromatic heterocycles. The molecule has 0 aliphatic heterocycles. The lowest BCUT2D eigenvalue weighted by atomic mass is 10.0. The number of nitrogens with two attached hydrogens (primary N) is 2. The Morgan fingerprint density at radius 2 is 0.659 bits per heavy atom. The molecule has 248 valence electrons. The summed E-state index contributed by atoms with van der Waals surface area (Å²) in [7, 11) is 0. The van der Waals surface area contributed by atoms with Gasteiger partial charge in [-0.1, -0.05) is 0 Å². The molecule has 0 aliphatic carbocycles. The highest BCUT2D eigenvalue weighted by Gasteiger charge is 2.44. The van der Waals surface area contributed by atoms with Crippen LogP contribution in [0.2, 0.25) is 0 Å². The topological polar surface area (TPSA) is 319 Å². The molecule has 0 rings (SSSR count). The van der Waals surface area contributed by atoms with E-state index in [1.54, 1.807) is 0 Å². The fraction of sp³-hybridized carbons (Fsp3) is 0.583. The molecule has 20 heteroatoms. The van der Waals surface area contributed by atoms with E-state index < -0.39 is 96.5 Å². The Bertz CT molecular complexity index is 1010. The van der Waals surface area contributed by atoms with Crippen molar-refractivity contribution in [2.24, 2.45) is 11.5 Å². The van der Waals surface area contributed by atoms with Crippen LogP contribution in [-0.4, -0.2) is 119 Å². The lowest BCUT2D eigenvalue weighted by molar-refractivity contribution is -0.192. The number of aliphatic hydroxyl groups excluding tert-OH is 2. The highest BCUT2D eigenvalue weighted by Crippen LogP contribution is 2.17. The highest BCUT2D eigenvalue weighted by atomic mass is 16.6. The smallest absolute Gasteiger partial charge is 0.303 e. The van der Waals surface area contributed by atoms with E-state index in [0.29, 0.717) is 0 Å². The van der Waals surface area contributed by atoms with Gasteiger partial charge in [0.15, 0.2) is 61.4 Å². The second-order valence-corrected chi connectivity index (χ2v) is 8.41. The minimum Gasteiger partial charge on any atom is -0.455 e. The van der Waals surface area contributed by atoms with Gasteiger partial charge in [-0.25, -0.2) is 0 Å². The summed E-state index contributed by atoms with van der Waals surface area (Å²) < 4.78 is 28.1. The van der Waals surface area contributed by atoms with E-state index in [9.17, 15) is 58.2 Å². The van der Waals surface area contributed by atoms with Gasteiger partial charge in [-0.3, -0.25) is 47.9 Å². The van der Waals surface area contributed by atoms with Gasteiger partial charge in [0.2, 0.25) is 11.8 Å². The van der Waals surface area contributed by atoms with Crippen LogP contribution in [0.1, 0.15) is 41.5 Å². The molecule has 0 radical (unpaired) electrons. The first-order chi connectivity index (χ1) is 20.2. The van der Waals surface area contributed by atoms with Crippen molar-refractivity contribution in [1.29, 1.82) is 0 Å². The summed E-state index contributed by atoms with van der Waals surface area (Å²) in [5, 5.41) is 19.4. The molecule has 0 fully saturated rings. The van der Waals surface area contributed by atoms with Crippen LogP contribution in [0.15, 0.2) is 0 Å². The highest BCUT2D eigenvalue weighted by molar-refractivity contribution is 5.81. The van der Waals surface area contributed by atoms with E-state index in [0.717, 1.165) is 41.5 Å². The van der Waals surface area contributed by atoms with Crippen LogP contribution in [0.5, 0.6) is 0 Å². The normalized spacial score (nSPS) is 15.6. The summed E-state index contributed by atoms with van der Waals surface area (Å²) in [6.07, 6.45) is -14.5. The molecule has 0 spiro atoms. The van der Waals surface area contributed by atoms with Crippen LogP contribution < -0.4 is 11.5 Å². The largest absolute Gasteiger partial charge is 0.455 e. The third-order valence-corrected chi connectivity index (χ3v) is 4.58. The SMILES string of the molecule is CC(=O)O[C@@H]([C@H](OC(C)=O)[C@@H](C=O)OC(C)=O)[C@H](O)C(N)=O.CC(=O)O[C@H]([C@@H](OC(C)=O)[C@@H](O)C(N)=O)[C@@H](C=O)OC(C)=O. The van der Waals surface area contributed by atoms with Crippen molar-refractivity contribution in [1.82, 2.24) is 0 Å². The van der Waals surface area contributed by atoms with Crippen molar-refractivity contribution in [2.75, 3.05) is 0 Å². The molecule has 20 nitrogen and oxygen atoms in total. The van der Waals surface area contributed by atoms with E-state index in [4.69, 9.17) is 20.9 Å². The summed E-state index contributed by atoms with van der Waals surface area (Å²) >= 11 is 0. The molecule has 6 N–H and O–H groups in total. The number of esters is 6. The molecule has 0 aromatic rings. The second-order valence-electron chi connectivity index (χ2n) is 8.41. The number of carbonyl (C=O) groups is 10. The quantitative estimate of drug-likeness (QED) is 0.0705. The standard InChI is InChI=1S/2C12H17NO9/c2*1-5(15)20-8(4-14)10(21-6(2)16)11(22-7(3)17)9(18)12(13)19/h2*4,8-11,18H,1-3H3,(H2,13,19)/t8-,9+,10-,11-;8-,9-,10+,11+/m11/s1. The van der Waals surface area contributed by atoms with Gasteiger partial charge in [0.05, 0.1) is 0 Å². The summed E-state index contributed by atoms with van der Waals surface area (Å²) in [4.78, 5) is 111. The Balaban J connectivity index is 0.